The van der Waals surface area contributed by atoms with Crippen LogP contribution in [0.25, 0.3) is 11.3 Å². The van der Waals surface area contributed by atoms with Crippen LogP contribution in [0.15, 0.2) is 46.0 Å². The highest BCUT2D eigenvalue weighted by atomic mass is 32.3. The predicted octanol–water partition coefficient (Wildman–Crippen LogP) is 5.40. The zero-order valence-electron chi connectivity index (χ0n) is 43.0. The molecule has 72 heavy (non-hydrogen) atoms. The van der Waals surface area contributed by atoms with Crippen LogP contribution in [-0.2, 0) is 66.4 Å². The molecule has 27 heteroatoms. The van der Waals surface area contributed by atoms with Gasteiger partial charge >= 0.3 is 34.6 Å². The van der Waals surface area contributed by atoms with Crippen molar-refractivity contribution in [2.45, 2.75) is 150 Å². The Labute approximate surface area is 421 Å². The third kappa shape index (κ3) is 17.6. The average molecular weight is 1050 g/mol. The second kappa shape index (κ2) is 22.5. The Morgan fingerprint density at radius 1 is 0.875 bits per heavy atom. The first-order valence-electron chi connectivity index (χ1n) is 22.4. The lowest BCUT2D eigenvalue weighted by molar-refractivity contribution is -0.218. The molecule has 4 rings (SSSR count). The molecule has 1 saturated heterocycles. The molecule has 0 radical (unpaired) electrons. The number of nitrogens with zero attached hydrogens (tertiary/aromatic N) is 6. The number of carbonyl (C=O) groups excluding carboxylic acids is 6. The number of thiazole rings is 1. The minimum Gasteiger partial charge on any atom is -0.489 e. The fraction of sp³-hybridized carbons (Fsp3) is 0.578. The number of hydrogen-bond acceptors (Lipinski definition) is 18. The molecule has 1 aromatic carbocycles. The Balaban J connectivity index is 1.63. The van der Waals surface area contributed by atoms with Gasteiger partial charge in [0.15, 0.2) is 10.8 Å². The number of ether oxygens (including phenoxy) is 5. The smallest absolute Gasteiger partial charge is 0.437 e. The first-order chi connectivity index (χ1) is 32.9. The molecule has 0 bridgehead atoms. The summed E-state index contributed by atoms with van der Waals surface area (Å²) in [5.74, 6) is -2.83. The number of hydrogen-bond donors (Lipinski definition) is 4. The van der Waals surface area contributed by atoms with Crippen LogP contribution in [0.2, 0.25) is 0 Å². The number of β-lactam (4-membered cyclic amide) rings is 1. The van der Waals surface area contributed by atoms with Crippen molar-refractivity contribution in [2.75, 3.05) is 18.5 Å². The van der Waals surface area contributed by atoms with Gasteiger partial charge < -0.3 is 48.3 Å². The highest BCUT2D eigenvalue weighted by Gasteiger charge is 2.58. The van der Waals surface area contributed by atoms with Crippen LogP contribution in [-0.4, -0.2) is 127 Å². The molecule has 0 unspecified atom stereocenters. The van der Waals surface area contributed by atoms with Crippen LogP contribution in [0, 0.1) is 0 Å². The summed E-state index contributed by atoms with van der Waals surface area (Å²) in [5.41, 5.74) is -4.10. The molecular weight excluding hydrogens is 987 g/mol. The van der Waals surface area contributed by atoms with E-state index >= 15 is 0 Å². The van der Waals surface area contributed by atoms with E-state index in [1.165, 1.54) is 19.2 Å². The minimum atomic E-state index is -5.11. The van der Waals surface area contributed by atoms with E-state index in [9.17, 15) is 41.7 Å². The van der Waals surface area contributed by atoms with Crippen LogP contribution in [0.5, 0.6) is 5.75 Å². The highest BCUT2D eigenvalue weighted by Crippen LogP contribution is 2.33. The summed E-state index contributed by atoms with van der Waals surface area (Å²) in [6.07, 6.45) is -1.62. The van der Waals surface area contributed by atoms with Gasteiger partial charge in [0.1, 0.15) is 46.5 Å². The summed E-state index contributed by atoms with van der Waals surface area (Å²) in [7, 11) is -3.39. The summed E-state index contributed by atoms with van der Waals surface area (Å²) in [4.78, 5) is 92.4. The van der Waals surface area contributed by atoms with Gasteiger partial charge in [-0.2, -0.15) is 13.5 Å². The first-order valence-corrected chi connectivity index (χ1v) is 24.6. The van der Waals surface area contributed by atoms with E-state index in [-0.39, 0.29) is 28.7 Å². The molecular formula is C45H65N9O16S2. The van der Waals surface area contributed by atoms with E-state index in [2.05, 4.69) is 35.4 Å². The maximum absolute atomic E-state index is 14.0. The van der Waals surface area contributed by atoms with Crippen molar-refractivity contribution in [3.8, 4) is 17.0 Å². The first kappa shape index (κ1) is 58.0. The second-order valence-corrected chi connectivity index (χ2v) is 22.6. The van der Waals surface area contributed by atoms with Crippen LogP contribution in [0.1, 0.15) is 109 Å². The van der Waals surface area contributed by atoms with E-state index in [0.717, 1.165) is 11.3 Å². The van der Waals surface area contributed by atoms with Crippen molar-refractivity contribution in [1.82, 2.24) is 29.8 Å². The molecule has 4 N–H and O–H groups in total. The van der Waals surface area contributed by atoms with Gasteiger partial charge in [-0.15, -0.1) is 20.6 Å². The molecule has 2 aromatic heterocycles. The lowest BCUT2D eigenvalue weighted by Crippen LogP contribution is -2.76. The Hall–Kier alpha value is -6.58. The van der Waals surface area contributed by atoms with Crippen molar-refractivity contribution in [2.24, 2.45) is 17.2 Å². The van der Waals surface area contributed by atoms with Crippen molar-refractivity contribution in [1.29, 1.82) is 0 Å². The van der Waals surface area contributed by atoms with Gasteiger partial charge in [0.25, 0.3) is 17.9 Å². The molecule has 1 aliphatic rings. The number of imidazole rings is 1. The lowest BCUT2D eigenvalue weighted by Gasteiger charge is -2.50. The molecule has 3 aromatic rings. The van der Waals surface area contributed by atoms with Gasteiger partial charge in [0.2, 0.25) is 5.62 Å². The van der Waals surface area contributed by atoms with Crippen LogP contribution < -0.4 is 26.3 Å². The summed E-state index contributed by atoms with van der Waals surface area (Å²) in [6.45, 7) is 23.0. The number of carbonyl (C=O) groups is 6. The number of oxime groups is 1. The molecule has 1 aliphatic heterocycles. The monoisotopic (exact) mass is 1050 g/mol. The number of aryl methyl sites for hydroxylation is 1. The number of benzene rings is 1. The van der Waals surface area contributed by atoms with Crippen LogP contribution in [0.4, 0.5) is 19.5 Å². The molecule has 398 valence electrons. The van der Waals surface area contributed by atoms with E-state index < -0.39 is 98.9 Å². The number of hydroxylamine groups is 2. The topological polar surface area (TPSA) is 308 Å². The molecule has 3 heterocycles. The van der Waals surface area contributed by atoms with Crippen molar-refractivity contribution in [3.63, 3.8) is 0 Å². The lowest BCUT2D eigenvalue weighted by atomic mass is 9.84. The molecule has 1 fully saturated rings. The predicted molar refractivity (Wildman–Crippen MR) is 260 cm³/mol. The fourth-order valence-electron chi connectivity index (χ4n) is 6.26. The Morgan fingerprint density at radius 2 is 1.46 bits per heavy atom. The van der Waals surface area contributed by atoms with Gasteiger partial charge in [-0.1, -0.05) is 5.16 Å². The maximum atomic E-state index is 14.0. The number of esters is 1. The van der Waals surface area contributed by atoms with Crippen LogP contribution >= 0.6 is 11.3 Å². The quantitative estimate of drug-likeness (QED) is 0.0250. The SMILES string of the molecule is Cn1c(-c2ccc(OC[C@H](O/N=C(\C(=O)N[C@@H]3C(=O)N(OS(=O)(=O)O)C3(C)C)c3csc(NC(=O)OC(C)(C)C)n3)C(=O)OC(C)(C)C)cc2)cn(CCCNC(=O)OC(C)(C)C)/c1=N\C(=O)OC(C)(C)C. The van der Waals surface area contributed by atoms with Crippen LogP contribution in [0.3, 0.4) is 0 Å². The molecule has 0 saturated carbocycles. The Bertz CT molecular complexity index is 2700. The zero-order valence-corrected chi connectivity index (χ0v) is 44.7. The summed E-state index contributed by atoms with van der Waals surface area (Å²) in [5, 5.41) is 13.2. The van der Waals surface area contributed by atoms with Gasteiger partial charge in [-0.3, -0.25) is 19.5 Å². The summed E-state index contributed by atoms with van der Waals surface area (Å²) >= 11 is 0.872. The Morgan fingerprint density at radius 3 is 2.01 bits per heavy atom. The molecule has 5 amide bonds. The second-order valence-electron chi connectivity index (χ2n) is 20.7. The van der Waals surface area contributed by atoms with Crippen molar-refractivity contribution in [3.05, 3.63) is 47.2 Å². The number of rotatable bonds is 17. The number of amides is 5. The van der Waals surface area contributed by atoms with Crippen molar-refractivity contribution >= 4 is 68.6 Å². The van der Waals surface area contributed by atoms with Gasteiger partial charge in [-0.05, 0) is 133 Å². The summed E-state index contributed by atoms with van der Waals surface area (Å²) < 4.78 is 67.5. The molecule has 25 nitrogen and oxygen atoms in total. The Kier molecular flexibility index (Phi) is 18.1. The van der Waals surface area contributed by atoms with E-state index in [1.54, 1.807) is 130 Å². The van der Waals surface area contributed by atoms with E-state index in [0.29, 0.717) is 29.3 Å². The molecule has 0 aliphatic carbocycles. The van der Waals surface area contributed by atoms with Gasteiger partial charge in [0, 0.05) is 31.7 Å². The van der Waals surface area contributed by atoms with E-state index in [4.69, 9.17) is 28.5 Å². The average Bonchev–Trinajstić information content (AvgIpc) is 3.78. The largest absolute Gasteiger partial charge is 0.489 e. The standard InChI is InChI=1S/C45H65N9O16S2/c1-41(2,3)65-35(57)30(69-51-31(28-25-71-36(47-28)49-39(59)67-43(7,8)9)33(55)48-32-34(56)54(45(32,13)14)70-72(61,62)63)24-64-27-19-17-26(18-20-27)29-23-53(22-16-21-46-38(58)66-42(4,5)6)37(52(29)15)50-40(60)68-44(10,11)12/h17-20,23,25,30,32H,16,21-22,24H2,1-15H3,(H,46,58)(H,48,55)(H,47,49,59)(H,61,62,63)/b50-37-,51-31-/t30-,32+/m0/s1. The minimum absolute atomic E-state index is 0.0330. The third-order valence-corrected chi connectivity index (χ3v) is 10.3. The number of anilines is 1. The van der Waals surface area contributed by atoms with Crippen molar-refractivity contribution < 1.29 is 74.5 Å². The zero-order chi connectivity index (χ0) is 54.4. The highest BCUT2D eigenvalue weighted by molar-refractivity contribution is 7.80. The third-order valence-electron chi connectivity index (χ3n) is 9.21. The number of alkyl carbamates (subject to hydrolysis) is 1. The summed E-state index contributed by atoms with van der Waals surface area (Å²) in [6, 6.07) is 5.23. The number of aromatic nitrogens is 3. The fourth-order valence-corrected chi connectivity index (χ4v) is 7.39. The van der Waals surface area contributed by atoms with E-state index in [1.807, 2.05) is 0 Å². The van der Waals surface area contributed by atoms with Gasteiger partial charge in [0.05, 0.1) is 11.2 Å². The molecule has 0 spiro atoms. The normalized spacial score (nSPS) is 16.0. The van der Waals surface area contributed by atoms with Gasteiger partial charge in [-0.25, -0.2) is 24.2 Å². The number of nitrogens with one attached hydrogen (secondary N) is 3. The molecule has 2 atom stereocenters. The maximum Gasteiger partial charge on any atom is 0.437 e.